The van der Waals surface area contributed by atoms with E-state index in [9.17, 15) is 9.18 Å². The zero-order valence-electron chi connectivity index (χ0n) is 9.72. The van der Waals surface area contributed by atoms with E-state index in [2.05, 4.69) is 15.2 Å². The van der Waals surface area contributed by atoms with Crippen molar-refractivity contribution in [3.8, 4) is 11.1 Å². The third-order valence-corrected chi connectivity index (χ3v) is 2.87. The minimum absolute atomic E-state index is 0.140. The zero-order valence-corrected chi connectivity index (χ0v) is 9.72. The van der Waals surface area contributed by atoms with Crippen LogP contribution in [0.25, 0.3) is 22.0 Å². The maximum Gasteiger partial charge on any atom is 0.269 e. The summed E-state index contributed by atoms with van der Waals surface area (Å²) in [7, 11) is 0. The summed E-state index contributed by atoms with van der Waals surface area (Å²) in [5.41, 5.74) is 7.02. The number of nitrogens with zero attached hydrogens (tertiary/aromatic N) is 2. The third kappa shape index (κ3) is 1.83. The lowest BCUT2D eigenvalue weighted by molar-refractivity contribution is 0.0997. The van der Waals surface area contributed by atoms with Crippen LogP contribution in [0.4, 0.5) is 4.39 Å². The molecule has 0 unspecified atom stereocenters. The molecule has 0 aliphatic rings. The van der Waals surface area contributed by atoms with Crippen LogP contribution < -0.4 is 5.73 Å². The highest BCUT2D eigenvalue weighted by molar-refractivity contribution is 6.04. The van der Waals surface area contributed by atoms with Gasteiger partial charge in [0.1, 0.15) is 0 Å². The van der Waals surface area contributed by atoms with E-state index < -0.39 is 11.9 Å². The third-order valence-electron chi connectivity index (χ3n) is 2.87. The average Bonchev–Trinajstić information content (AvgIpc) is 2.82. The highest BCUT2D eigenvalue weighted by atomic mass is 19.1. The molecule has 3 aromatic rings. The Bertz CT molecular complexity index is 781. The van der Waals surface area contributed by atoms with Crippen LogP contribution >= 0.6 is 0 Å². The van der Waals surface area contributed by atoms with Gasteiger partial charge in [-0.25, -0.2) is 4.98 Å². The summed E-state index contributed by atoms with van der Waals surface area (Å²) in [6.45, 7) is 0. The smallest absolute Gasteiger partial charge is 0.269 e. The van der Waals surface area contributed by atoms with E-state index in [0.29, 0.717) is 22.0 Å². The number of halogens is 1. The number of primary amides is 1. The molecule has 2 aromatic heterocycles. The zero-order chi connectivity index (χ0) is 13.4. The molecular weight excluding hydrogens is 247 g/mol. The van der Waals surface area contributed by atoms with Gasteiger partial charge < -0.3 is 5.73 Å². The summed E-state index contributed by atoms with van der Waals surface area (Å²) in [6, 6.07) is 8.38. The molecule has 2 heterocycles. The highest BCUT2D eigenvalue weighted by Crippen LogP contribution is 2.26. The summed E-state index contributed by atoms with van der Waals surface area (Å²) < 4.78 is 13.6. The van der Waals surface area contributed by atoms with Gasteiger partial charge in [-0.2, -0.15) is 9.49 Å². The molecule has 1 aromatic carbocycles. The fourth-order valence-electron chi connectivity index (χ4n) is 1.97. The van der Waals surface area contributed by atoms with Gasteiger partial charge in [0.05, 0.1) is 5.52 Å². The molecule has 0 aliphatic carbocycles. The maximum absolute atomic E-state index is 13.6. The number of benzene rings is 1. The quantitative estimate of drug-likeness (QED) is 0.686. The average molecular weight is 256 g/mol. The van der Waals surface area contributed by atoms with Crippen molar-refractivity contribution >= 4 is 16.8 Å². The highest BCUT2D eigenvalue weighted by Gasteiger charge is 2.13. The molecule has 3 rings (SSSR count). The Morgan fingerprint density at radius 1 is 1.32 bits per heavy atom. The standard InChI is InChI=1S/C13H9FN4O/c14-12-8(2-1-5-16-12)7-3-4-10-9(6-7)11(13(15)19)18-17-10/h1-6H,(H2,15,19)(H,17,18). The number of nitrogens with two attached hydrogens (primary N) is 1. The van der Waals surface area contributed by atoms with Crippen LogP contribution in [0.3, 0.4) is 0 Å². The molecule has 0 saturated carbocycles. The number of nitrogens with one attached hydrogen (secondary N) is 1. The molecule has 19 heavy (non-hydrogen) atoms. The van der Waals surface area contributed by atoms with Gasteiger partial charge >= 0.3 is 0 Å². The summed E-state index contributed by atoms with van der Waals surface area (Å²) in [6.07, 6.45) is 1.38. The second kappa shape index (κ2) is 4.16. The minimum Gasteiger partial charge on any atom is -0.364 e. The molecule has 6 heteroatoms. The van der Waals surface area contributed by atoms with Gasteiger partial charge in [0, 0.05) is 17.1 Å². The van der Waals surface area contributed by atoms with Crippen LogP contribution in [0.15, 0.2) is 36.5 Å². The maximum atomic E-state index is 13.6. The first-order valence-corrected chi connectivity index (χ1v) is 5.55. The Labute approximate surface area is 107 Å². The largest absolute Gasteiger partial charge is 0.364 e. The molecule has 94 valence electrons. The first-order valence-electron chi connectivity index (χ1n) is 5.55. The van der Waals surface area contributed by atoms with Gasteiger partial charge in [-0.1, -0.05) is 6.07 Å². The number of rotatable bonds is 2. The van der Waals surface area contributed by atoms with Gasteiger partial charge in [-0.3, -0.25) is 9.89 Å². The van der Waals surface area contributed by atoms with Crippen molar-refractivity contribution in [1.29, 1.82) is 0 Å². The molecule has 0 atom stereocenters. The predicted molar refractivity (Wildman–Crippen MR) is 67.8 cm³/mol. The number of aromatic amines is 1. The predicted octanol–water partition coefficient (Wildman–Crippen LogP) is 1.86. The van der Waals surface area contributed by atoms with Crippen molar-refractivity contribution in [2.45, 2.75) is 0 Å². The number of hydrogen-bond donors (Lipinski definition) is 2. The number of carbonyl (C=O) groups excluding carboxylic acids is 1. The van der Waals surface area contributed by atoms with E-state index >= 15 is 0 Å². The number of hydrogen-bond acceptors (Lipinski definition) is 3. The summed E-state index contributed by atoms with van der Waals surface area (Å²) in [5, 5.41) is 7.11. The van der Waals surface area contributed by atoms with Crippen LogP contribution in [0.2, 0.25) is 0 Å². The Balaban J connectivity index is 2.24. The molecule has 5 nitrogen and oxygen atoms in total. The van der Waals surface area contributed by atoms with Gasteiger partial charge in [-0.15, -0.1) is 0 Å². The first kappa shape index (κ1) is 11.3. The normalized spacial score (nSPS) is 10.8. The van der Waals surface area contributed by atoms with Crippen LogP contribution in [0, 0.1) is 5.95 Å². The number of H-pyrrole nitrogens is 1. The lowest BCUT2D eigenvalue weighted by atomic mass is 10.0. The van der Waals surface area contributed by atoms with Crippen molar-refractivity contribution < 1.29 is 9.18 Å². The van der Waals surface area contributed by atoms with E-state index in [0.717, 1.165) is 0 Å². The Kier molecular flexibility index (Phi) is 2.49. The van der Waals surface area contributed by atoms with Gasteiger partial charge in [0.15, 0.2) is 5.69 Å². The molecule has 3 N–H and O–H groups in total. The number of carbonyl (C=O) groups is 1. The topological polar surface area (TPSA) is 84.7 Å². The van der Waals surface area contributed by atoms with Crippen molar-refractivity contribution in [3.05, 3.63) is 48.2 Å². The SMILES string of the molecule is NC(=O)c1n[nH]c2ccc(-c3cccnc3F)cc12. The van der Waals surface area contributed by atoms with Gasteiger partial charge in [0.2, 0.25) is 5.95 Å². The van der Waals surface area contributed by atoms with Crippen LogP contribution in [-0.2, 0) is 0 Å². The summed E-state index contributed by atoms with van der Waals surface area (Å²) in [4.78, 5) is 14.8. The fraction of sp³-hybridized carbons (Fsp3) is 0. The van der Waals surface area contributed by atoms with Crippen molar-refractivity contribution in [1.82, 2.24) is 15.2 Å². The first-order chi connectivity index (χ1) is 9.16. The lowest BCUT2D eigenvalue weighted by Crippen LogP contribution is -2.11. The van der Waals surface area contributed by atoms with Crippen molar-refractivity contribution in [3.63, 3.8) is 0 Å². The molecule has 0 spiro atoms. The van der Waals surface area contributed by atoms with Gasteiger partial charge in [0.25, 0.3) is 5.91 Å². The van der Waals surface area contributed by atoms with Gasteiger partial charge in [-0.05, 0) is 29.8 Å². The molecule has 0 radical (unpaired) electrons. The number of pyridine rings is 1. The molecule has 0 bridgehead atoms. The van der Waals surface area contributed by atoms with E-state index in [4.69, 9.17) is 5.73 Å². The second-order valence-corrected chi connectivity index (χ2v) is 4.04. The van der Waals surface area contributed by atoms with Crippen LogP contribution in [0.5, 0.6) is 0 Å². The van der Waals surface area contributed by atoms with Crippen LogP contribution in [-0.4, -0.2) is 21.1 Å². The fourth-order valence-corrected chi connectivity index (χ4v) is 1.97. The number of amides is 1. The monoisotopic (exact) mass is 256 g/mol. The summed E-state index contributed by atoms with van der Waals surface area (Å²) >= 11 is 0. The Morgan fingerprint density at radius 3 is 2.89 bits per heavy atom. The van der Waals surface area contributed by atoms with Crippen molar-refractivity contribution in [2.24, 2.45) is 5.73 Å². The Morgan fingerprint density at radius 2 is 2.16 bits per heavy atom. The van der Waals surface area contributed by atoms with E-state index in [1.165, 1.54) is 6.20 Å². The minimum atomic E-state index is -0.630. The van der Waals surface area contributed by atoms with E-state index in [1.54, 1.807) is 30.3 Å². The molecule has 0 saturated heterocycles. The molecule has 0 aliphatic heterocycles. The Hall–Kier alpha value is -2.76. The molecular formula is C13H9FN4O. The lowest BCUT2D eigenvalue weighted by Gasteiger charge is -2.02. The number of fused-ring (bicyclic) bond motifs is 1. The summed E-state index contributed by atoms with van der Waals surface area (Å²) in [5.74, 6) is -1.19. The second-order valence-electron chi connectivity index (χ2n) is 4.04. The molecule has 0 fully saturated rings. The van der Waals surface area contributed by atoms with E-state index in [1.807, 2.05) is 0 Å². The molecule has 1 amide bonds. The van der Waals surface area contributed by atoms with Crippen molar-refractivity contribution in [2.75, 3.05) is 0 Å². The number of aromatic nitrogens is 3. The van der Waals surface area contributed by atoms with E-state index in [-0.39, 0.29) is 5.69 Å². The van der Waals surface area contributed by atoms with Crippen LogP contribution in [0.1, 0.15) is 10.5 Å².